The molecular weight excluding hydrogens is 359 g/mol. The fourth-order valence-corrected chi connectivity index (χ4v) is 2.49. The number of thiazole rings is 1. The summed E-state index contributed by atoms with van der Waals surface area (Å²) in [7, 11) is 1.19. The Balaban J connectivity index is 2.08. The maximum absolute atomic E-state index is 13.8. The van der Waals surface area contributed by atoms with Crippen LogP contribution in [0.5, 0.6) is 5.75 Å². The molecule has 1 N–H and O–H groups in total. The number of ether oxygens (including phenoxy) is 2. The molecule has 0 bridgehead atoms. The third kappa shape index (κ3) is 4.69. The molecule has 0 fully saturated rings. The normalized spacial score (nSPS) is 10.9. The molecule has 0 aliphatic rings. The van der Waals surface area contributed by atoms with Gasteiger partial charge in [-0.1, -0.05) is 0 Å². The molecule has 0 aliphatic carbocycles. The Labute approximate surface area is 145 Å². The second-order valence-corrected chi connectivity index (χ2v) is 5.46. The van der Waals surface area contributed by atoms with E-state index in [2.05, 4.69) is 15.5 Å². The van der Waals surface area contributed by atoms with Gasteiger partial charge in [0.2, 0.25) is 5.13 Å². The molecule has 1 aromatic heterocycles. The molecule has 0 spiro atoms. The smallest absolute Gasteiger partial charge is 0.311 e. The number of methoxy groups -OCH3 is 1. The van der Waals surface area contributed by atoms with E-state index in [4.69, 9.17) is 9.47 Å². The zero-order valence-corrected chi connectivity index (χ0v) is 14.1. The average molecular weight is 373 g/mol. The lowest BCUT2D eigenvalue weighted by molar-refractivity contribution is -0.142. The van der Waals surface area contributed by atoms with E-state index >= 15 is 0 Å². The minimum absolute atomic E-state index is 0.0152. The molecule has 0 saturated carbocycles. The molecule has 0 aliphatic heterocycles. The van der Waals surface area contributed by atoms with Crippen LogP contribution in [0.4, 0.5) is 18.3 Å². The Morgan fingerprint density at radius 2 is 2.16 bits per heavy atom. The standard InChI is InChI=1S/C15H14F3N3O3S/c1-3-24-12(22)4-8-7-25-15(20-8)21-19-6-9-11(23-2)5-10(16)14(18)13(9)17/h5-7H,3-4H2,1-2H3,(H,20,21). The SMILES string of the molecule is CCOC(=O)Cc1csc(NN=Cc2c(OC)cc(F)c(F)c2F)n1. The largest absolute Gasteiger partial charge is 0.496 e. The van der Waals surface area contributed by atoms with Gasteiger partial charge in [-0.05, 0) is 6.92 Å². The summed E-state index contributed by atoms with van der Waals surface area (Å²) in [6.07, 6.45) is 0.963. The fourth-order valence-electron chi connectivity index (χ4n) is 1.83. The molecule has 6 nitrogen and oxygen atoms in total. The van der Waals surface area contributed by atoms with Crippen molar-refractivity contribution in [2.24, 2.45) is 5.10 Å². The van der Waals surface area contributed by atoms with E-state index in [1.165, 1.54) is 7.11 Å². The van der Waals surface area contributed by atoms with Crippen LogP contribution in [0.3, 0.4) is 0 Å². The van der Waals surface area contributed by atoms with Crippen LogP contribution < -0.4 is 10.2 Å². The van der Waals surface area contributed by atoms with Crippen molar-refractivity contribution in [3.8, 4) is 5.75 Å². The van der Waals surface area contributed by atoms with Gasteiger partial charge in [0, 0.05) is 11.4 Å². The molecule has 0 amide bonds. The number of carbonyl (C=O) groups is 1. The molecule has 10 heteroatoms. The average Bonchev–Trinajstić information content (AvgIpc) is 3.02. The van der Waals surface area contributed by atoms with Crippen molar-refractivity contribution in [3.63, 3.8) is 0 Å². The lowest BCUT2D eigenvalue weighted by Gasteiger charge is -2.06. The first-order valence-electron chi connectivity index (χ1n) is 7.06. The number of anilines is 1. The number of nitrogens with zero attached hydrogens (tertiary/aromatic N) is 2. The number of hydrogen-bond acceptors (Lipinski definition) is 7. The summed E-state index contributed by atoms with van der Waals surface area (Å²) in [6.45, 7) is 1.98. The Morgan fingerprint density at radius 3 is 2.84 bits per heavy atom. The summed E-state index contributed by atoms with van der Waals surface area (Å²) >= 11 is 1.16. The Morgan fingerprint density at radius 1 is 1.40 bits per heavy atom. The van der Waals surface area contributed by atoms with Crippen molar-refractivity contribution in [2.45, 2.75) is 13.3 Å². The van der Waals surface area contributed by atoms with E-state index in [1.807, 2.05) is 0 Å². The molecule has 1 heterocycles. The van der Waals surface area contributed by atoms with Crippen LogP contribution in [0.15, 0.2) is 16.5 Å². The highest BCUT2D eigenvalue weighted by Gasteiger charge is 2.18. The number of hydrazone groups is 1. The summed E-state index contributed by atoms with van der Waals surface area (Å²) in [5, 5.41) is 5.69. The summed E-state index contributed by atoms with van der Waals surface area (Å²) in [4.78, 5) is 15.5. The van der Waals surface area contributed by atoms with E-state index in [0.717, 1.165) is 23.6 Å². The maximum Gasteiger partial charge on any atom is 0.311 e. The van der Waals surface area contributed by atoms with Gasteiger partial charge in [0.25, 0.3) is 0 Å². The second-order valence-electron chi connectivity index (χ2n) is 4.60. The predicted molar refractivity (Wildman–Crippen MR) is 86.5 cm³/mol. The molecule has 2 aromatic rings. The van der Waals surface area contributed by atoms with Gasteiger partial charge in [0.05, 0.1) is 37.6 Å². The van der Waals surface area contributed by atoms with Crippen LogP contribution in [0.25, 0.3) is 0 Å². The van der Waals surface area contributed by atoms with Gasteiger partial charge in [-0.25, -0.2) is 18.2 Å². The number of hydrogen-bond donors (Lipinski definition) is 1. The van der Waals surface area contributed by atoms with Crippen molar-refractivity contribution < 1.29 is 27.4 Å². The van der Waals surface area contributed by atoms with Crippen LogP contribution in [-0.4, -0.2) is 30.9 Å². The predicted octanol–water partition coefficient (Wildman–Crippen LogP) is 3.12. The van der Waals surface area contributed by atoms with Crippen molar-refractivity contribution in [1.29, 1.82) is 0 Å². The number of benzene rings is 1. The van der Waals surface area contributed by atoms with Gasteiger partial charge >= 0.3 is 5.97 Å². The molecule has 25 heavy (non-hydrogen) atoms. The lowest BCUT2D eigenvalue weighted by atomic mass is 10.2. The van der Waals surface area contributed by atoms with Crippen molar-refractivity contribution >= 4 is 28.7 Å². The monoisotopic (exact) mass is 373 g/mol. The second kappa shape index (κ2) is 8.47. The fraction of sp³-hybridized carbons (Fsp3) is 0.267. The zero-order valence-electron chi connectivity index (χ0n) is 13.3. The summed E-state index contributed by atoms with van der Waals surface area (Å²) in [5.41, 5.74) is 2.65. The van der Waals surface area contributed by atoms with Gasteiger partial charge in [0.15, 0.2) is 17.5 Å². The molecule has 134 valence electrons. The number of nitrogens with one attached hydrogen (secondary N) is 1. The van der Waals surface area contributed by atoms with Crippen LogP contribution in [0, 0.1) is 17.5 Å². The van der Waals surface area contributed by atoms with E-state index in [1.54, 1.807) is 12.3 Å². The molecule has 0 radical (unpaired) electrons. The Hall–Kier alpha value is -2.62. The maximum atomic E-state index is 13.8. The highest BCUT2D eigenvalue weighted by Crippen LogP contribution is 2.25. The molecule has 1 aromatic carbocycles. The van der Waals surface area contributed by atoms with E-state index in [0.29, 0.717) is 10.8 Å². The van der Waals surface area contributed by atoms with Gasteiger partial charge in [-0.15, -0.1) is 11.3 Å². The van der Waals surface area contributed by atoms with Crippen molar-refractivity contribution in [2.75, 3.05) is 19.1 Å². The zero-order chi connectivity index (χ0) is 18.4. The van der Waals surface area contributed by atoms with Crippen LogP contribution >= 0.6 is 11.3 Å². The Kier molecular flexibility index (Phi) is 6.34. The quantitative estimate of drug-likeness (QED) is 0.349. The van der Waals surface area contributed by atoms with Gasteiger partial charge < -0.3 is 9.47 Å². The van der Waals surface area contributed by atoms with Crippen LogP contribution in [-0.2, 0) is 16.0 Å². The number of carbonyl (C=O) groups excluding carboxylic acids is 1. The van der Waals surface area contributed by atoms with Gasteiger partial charge in [0.1, 0.15) is 5.75 Å². The molecular formula is C15H14F3N3O3S. The minimum Gasteiger partial charge on any atom is -0.496 e. The van der Waals surface area contributed by atoms with Crippen LogP contribution in [0.1, 0.15) is 18.2 Å². The van der Waals surface area contributed by atoms with E-state index in [9.17, 15) is 18.0 Å². The summed E-state index contributed by atoms with van der Waals surface area (Å²) in [6, 6.07) is 0.723. The number of aromatic nitrogens is 1. The topological polar surface area (TPSA) is 72.8 Å². The summed E-state index contributed by atoms with van der Waals surface area (Å²) in [5.74, 6) is -5.00. The first-order chi connectivity index (χ1) is 12.0. The third-order valence-electron chi connectivity index (χ3n) is 2.92. The van der Waals surface area contributed by atoms with Gasteiger partial charge in [-0.3, -0.25) is 10.2 Å². The molecule has 2 rings (SSSR count). The van der Waals surface area contributed by atoms with Crippen LogP contribution in [0.2, 0.25) is 0 Å². The van der Waals surface area contributed by atoms with Crippen molar-refractivity contribution in [1.82, 2.24) is 4.98 Å². The number of rotatable bonds is 7. The molecule has 0 atom stereocenters. The first-order valence-corrected chi connectivity index (χ1v) is 7.94. The Bertz CT molecular complexity index is 796. The highest BCUT2D eigenvalue weighted by atomic mass is 32.1. The molecule has 0 saturated heterocycles. The van der Waals surface area contributed by atoms with Gasteiger partial charge in [-0.2, -0.15) is 5.10 Å². The highest BCUT2D eigenvalue weighted by molar-refractivity contribution is 7.13. The number of halogens is 3. The van der Waals surface area contributed by atoms with E-state index < -0.39 is 23.4 Å². The first kappa shape index (κ1) is 18.7. The minimum atomic E-state index is -1.62. The lowest BCUT2D eigenvalue weighted by Crippen LogP contribution is -2.07. The third-order valence-corrected chi connectivity index (χ3v) is 3.71. The number of esters is 1. The van der Waals surface area contributed by atoms with Crippen molar-refractivity contribution in [3.05, 3.63) is 40.2 Å². The van der Waals surface area contributed by atoms with E-state index in [-0.39, 0.29) is 24.3 Å². The molecule has 0 unspecified atom stereocenters. The summed E-state index contributed by atoms with van der Waals surface area (Å²) < 4.78 is 49.8.